The summed E-state index contributed by atoms with van der Waals surface area (Å²) in [5.41, 5.74) is 7.02. The molecule has 134 valence electrons. The SMILES string of the molecule is Cc1ccc(NC(=O)Nc2ccc(-c3cc4ccccc4[nH]3)cc2)c(C)c1. The number of carbonyl (C=O) groups is 1. The topological polar surface area (TPSA) is 56.9 Å². The van der Waals surface area contributed by atoms with Gasteiger partial charge in [-0.2, -0.15) is 0 Å². The summed E-state index contributed by atoms with van der Waals surface area (Å²) in [6, 6.07) is 23.8. The van der Waals surface area contributed by atoms with Crippen LogP contribution in [0.15, 0.2) is 72.8 Å². The van der Waals surface area contributed by atoms with Gasteiger partial charge in [0.25, 0.3) is 0 Å². The maximum atomic E-state index is 12.3. The number of aryl methyl sites for hydroxylation is 2. The van der Waals surface area contributed by atoms with E-state index in [4.69, 9.17) is 0 Å². The van der Waals surface area contributed by atoms with Crippen molar-refractivity contribution in [2.24, 2.45) is 0 Å². The first kappa shape index (κ1) is 16.9. The number of aromatic amines is 1. The predicted molar refractivity (Wildman–Crippen MR) is 112 cm³/mol. The lowest BCUT2D eigenvalue weighted by molar-refractivity contribution is 0.262. The molecule has 0 spiro atoms. The summed E-state index contributed by atoms with van der Waals surface area (Å²) in [6.07, 6.45) is 0. The van der Waals surface area contributed by atoms with Gasteiger partial charge < -0.3 is 15.6 Å². The summed E-state index contributed by atoms with van der Waals surface area (Å²) < 4.78 is 0. The van der Waals surface area contributed by atoms with E-state index in [-0.39, 0.29) is 6.03 Å². The molecule has 4 nitrogen and oxygen atoms in total. The highest BCUT2D eigenvalue weighted by atomic mass is 16.2. The van der Waals surface area contributed by atoms with Crippen LogP contribution in [0.25, 0.3) is 22.2 Å². The molecule has 0 radical (unpaired) electrons. The van der Waals surface area contributed by atoms with Crippen molar-refractivity contribution in [3.05, 3.63) is 83.9 Å². The summed E-state index contributed by atoms with van der Waals surface area (Å²) in [4.78, 5) is 15.7. The zero-order valence-corrected chi connectivity index (χ0v) is 15.3. The van der Waals surface area contributed by atoms with Gasteiger partial charge in [0.15, 0.2) is 0 Å². The van der Waals surface area contributed by atoms with Crippen LogP contribution in [0.3, 0.4) is 0 Å². The number of nitrogens with one attached hydrogen (secondary N) is 3. The number of hydrogen-bond donors (Lipinski definition) is 3. The van der Waals surface area contributed by atoms with E-state index in [1.54, 1.807) is 0 Å². The Labute approximate surface area is 158 Å². The van der Waals surface area contributed by atoms with Crippen molar-refractivity contribution in [1.82, 2.24) is 4.98 Å². The first-order valence-corrected chi connectivity index (χ1v) is 8.92. The quantitative estimate of drug-likeness (QED) is 0.409. The van der Waals surface area contributed by atoms with Gasteiger partial charge in [0, 0.05) is 28.0 Å². The van der Waals surface area contributed by atoms with E-state index >= 15 is 0 Å². The minimum absolute atomic E-state index is 0.250. The van der Waals surface area contributed by atoms with E-state index in [2.05, 4.69) is 33.8 Å². The summed E-state index contributed by atoms with van der Waals surface area (Å²) in [5, 5.41) is 6.95. The van der Waals surface area contributed by atoms with Crippen LogP contribution in [0, 0.1) is 13.8 Å². The van der Waals surface area contributed by atoms with Crippen LogP contribution in [-0.2, 0) is 0 Å². The zero-order chi connectivity index (χ0) is 18.8. The van der Waals surface area contributed by atoms with E-state index in [0.717, 1.165) is 33.7 Å². The van der Waals surface area contributed by atoms with Gasteiger partial charge in [0.2, 0.25) is 0 Å². The monoisotopic (exact) mass is 355 g/mol. The number of aromatic nitrogens is 1. The molecule has 1 aromatic heterocycles. The summed E-state index contributed by atoms with van der Waals surface area (Å²) >= 11 is 0. The van der Waals surface area contributed by atoms with Gasteiger partial charge in [-0.05, 0) is 55.3 Å². The van der Waals surface area contributed by atoms with E-state index in [1.165, 1.54) is 10.9 Å². The molecule has 0 aliphatic heterocycles. The van der Waals surface area contributed by atoms with E-state index in [1.807, 2.05) is 68.4 Å². The summed E-state index contributed by atoms with van der Waals surface area (Å²) in [7, 11) is 0. The average Bonchev–Trinajstić information content (AvgIpc) is 3.09. The second-order valence-electron chi connectivity index (χ2n) is 6.75. The third-order valence-corrected chi connectivity index (χ3v) is 4.61. The lowest BCUT2D eigenvalue weighted by Crippen LogP contribution is -2.19. The Bertz CT molecular complexity index is 1080. The lowest BCUT2D eigenvalue weighted by atomic mass is 10.1. The first-order valence-electron chi connectivity index (χ1n) is 8.92. The highest BCUT2D eigenvalue weighted by Gasteiger charge is 2.07. The smallest absolute Gasteiger partial charge is 0.323 e. The lowest BCUT2D eigenvalue weighted by Gasteiger charge is -2.11. The van der Waals surface area contributed by atoms with Crippen LogP contribution in [0.4, 0.5) is 16.2 Å². The van der Waals surface area contributed by atoms with Crippen LogP contribution in [0.2, 0.25) is 0 Å². The van der Waals surface area contributed by atoms with Crippen molar-refractivity contribution in [3.63, 3.8) is 0 Å². The Morgan fingerprint density at radius 2 is 1.63 bits per heavy atom. The molecule has 0 aliphatic rings. The predicted octanol–water partition coefficient (Wildman–Crippen LogP) is 6.10. The van der Waals surface area contributed by atoms with Gasteiger partial charge in [0.1, 0.15) is 0 Å². The molecule has 0 unspecified atom stereocenters. The maximum Gasteiger partial charge on any atom is 0.323 e. The van der Waals surface area contributed by atoms with Crippen molar-refractivity contribution >= 4 is 28.3 Å². The number of fused-ring (bicyclic) bond motifs is 1. The molecule has 4 aromatic rings. The number of urea groups is 1. The number of benzene rings is 3. The molecule has 0 saturated carbocycles. The summed E-state index contributed by atoms with van der Waals surface area (Å²) in [6.45, 7) is 4.02. The average molecular weight is 355 g/mol. The van der Waals surface area contributed by atoms with Gasteiger partial charge >= 0.3 is 6.03 Å². The Kier molecular flexibility index (Phi) is 4.38. The summed E-state index contributed by atoms with van der Waals surface area (Å²) in [5.74, 6) is 0. The van der Waals surface area contributed by atoms with Crippen LogP contribution in [0.5, 0.6) is 0 Å². The molecule has 0 atom stereocenters. The molecular formula is C23H21N3O. The third-order valence-electron chi connectivity index (χ3n) is 4.61. The van der Waals surface area contributed by atoms with Gasteiger partial charge in [-0.15, -0.1) is 0 Å². The van der Waals surface area contributed by atoms with Crippen molar-refractivity contribution in [2.45, 2.75) is 13.8 Å². The highest BCUT2D eigenvalue weighted by molar-refractivity contribution is 6.00. The van der Waals surface area contributed by atoms with Crippen molar-refractivity contribution in [3.8, 4) is 11.3 Å². The van der Waals surface area contributed by atoms with Crippen LogP contribution < -0.4 is 10.6 Å². The fourth-order valence-corrected chi connectivity index (χ4v) is 3.20. The van der Waals surface area contributed by atoms with Crippen LogP contribution >= 0.6 is 0 Å². The fourth-order valence-electron chi connectivity index (χ4n) is 3.20. The maximum absolute atomic E-state index is 12.3. The number of para-hydroxylation sites is 1. The minimum Gasteiger partial charge on any atom is -0.355 e. The van der Waals surface area contributed by atoms with Gasteiger partial charge in [-0.25, -0.2) is 4.79 Å². The highest BCUT2D eigenvalue weighted by Crippen LogP contribution is 2.25. The molecule has 3 N–H and O–H groups in total. The standard InChI is InChI=1S/C23H21N3O/c1-15-7-12-20(16(2)13-15)26-23(27)24-19-10-8-17(9-11-19)22-14-18-5-3-4-6-21(18)25-22/h3-14,25H,1-2H3,(H2,24,26,27). The Morgan fingerprint density at radius 1 is 0.852 bits per heavy atom. The second kappa shape index (κ2) is 7.00. The molecular weight excluding hydrogens is 334 g/mol. The third kappa shape index (κ3) is 3.70. The molecule has 2 amide bonds. The molecule has 4 heteroatoms. The number of carbonyl (C=O) groups excluding carboxylic acids is 1. The second-order valence-corrected chi connectivity index (χ2v) is 6.75. The van der Waals surface area contributed by atoms with Crippen molar-refractivity contribution in [1.29, 1.82) is 0 Å². The molecule has 1 heterocycles. The molecule has 0 aliphatic carbocycles. The van der Waals surface area contributed by atoms with Crippen LogP contribution in [0.1, 0.15) is 11.1 Å². The van der Waals surface area contributed by atoms with Crippen molar-refractivity contribution in [2.75, 3.05) is 10.6 Å². The van der Waals surface area contributed by atoms with Gasteiger partial charge in [-0.1, -0.05) is 48.0 Å². The molecule has 27 heavy (non-hydrogen) atoms. The Balaban J connectivity index is 1.46. The minimum atomic E-state index is -0.250. The van der Waals surface area contributed by atoms with Gasteiger partial charge in [0.05, 0.1) is 0 Å². The molecule has 0 bridgehead atoms. The van der Waals surface area contributed by atoms with E-state index in [9.17, 15) is 4.79 Å². The molecule has 0 fully saturated rings. The van der Waals surface area contributed by atoms with Crippen LogP contribution in [-0.4, -0.2) is 11.0 Å². The number of rotatable bonds is 3. The molecule has 0 saturated heterocycles. The zero-order valence-electron chi connectivity index (χ0n) is 15.3. The molecule has 3 aromatic carbocycles. The first-order chi connectivity index (χ1) is 13.1. The fraction of sp³-hybridized carbons (Fsp3) is 0.0870. The number of amides is 2. The Morgan fingerprint density at radius 3 is 2.37 bits per heavy atom. The number of anilines is 2. The largest absolute Gasteiger partial charge is 0.355 e. The number of H-pyrrole nitrogens is 1. The van der Waals surface area contributed by atoms with Crippen molar-refractivity contribution < 1.29 is 4.79 Å². The van der Waals surface area contributed by atoms with E-state index in [0.29, 0.717) is 0 Å². The van der Waals surface area contributed by atoms with E-state index < -0.39 is 0 Å². The normalized spacial score (nSPS) is 10.7. The van der Waals surface area contributed by atoms with Gasteiger partial charge in [-0.3, -0.25) is 0 Å². The number of hydrogen-bond acceptors (Lipinski definition) is 1. The molecule has 4 rings (SSSR count). The Hall–Kier alpha value is -3.53.